The highest BCUT2D eigenvalue weighted by molar-refractivity contribution is 9.10. The number of furan rings is 1. The Kier molecular flexibility index (Phi) is 5.67. The Morgan fingerprint density at radius 3 is 3.00 bits per heavy atom. The number of aryl methyl sites for hydroxylation is 1. The molecule has 0 aliphatic carbocycles. The molecule has 0 spiro atoms. The van der Waals surface area contributed by atoms with Gasteiger partial charge in [0.2, 0.25) is 17.0 Å². The number of anilines is 1. The number of hydrogen-bond donors (Lipinski definition) is 1. The van der Waals surface area contributed by atoms with Crippen molar-refractivity contribution in [1.82, 2.24) is 25.1 Å². The maximum Gasteiger partial charge on any atom is 0.229 e. The van der Waals surface area contributed by atoms with Crippen LogP contribution in [-0.4, -0.2) is 43.5 Å². The quantitative estimate of drug-likeness (QED) is 0.582. The zero-order valence-corrected chi connectivity index (χ0v) is 17.8. The molecule has 0 saturated carbocycles. The van der Waals surface area contributed by atoms with Crippen molar-refractivity contribution in [3.63, 3.8) is 0 Å². The molecule has 0 radical (unpaired) electrons. The van der Waals surface area contributed by atoms with Crippen LogP contribution < -0.4 is 5.32 Å². The molecule has 11 heteroatoms. The van der Waals surface area contributed by atoms with Crippen molar-refractivity contribution in [3.8, 4) is 0 Å². The first-order chi connectivity index (χ1) is 14.0. The number of aromatic nitrogens is 4. The minimum Gasteiger partial charge on any atom is -0.467 e. The molecule has 1 aliphatic rings. The number of nitrogens with zero attached hydrogens (tertiary/aromatic N) is 5. The highest BCUT2D eigenvalue weighted by Gasteiger charge is 2.35. The Balaban J connectivity index is 1.46. The van der Waals surface area contributed by atoms with E-state index in [2.05, 4.69) is 36.8 Å². The lowest BCUT2D eigenvalue weighted by atomic mass is 10.1. The largest absolute Gasteiger partial charge is 0.467 e. The minimum atomic E-state index is -0.425. The zero-order chi connectivity index (χ0) is 20.4. The number of nitrogens with one attached hydrogen (secondary N) is 1. The van der Waals surface area contributed by atoms with E-state index < -0.39 is 5.92 Å². The van der Waals surface area contributed by atoms with Gasteiger partial charge in [0.05, 0.1) is 24.4 Å². The first kappa shape index (κ1) is 19.6. The van der Waals surface area contributed by atoms with E-state index in [0.29, 0.717) is 29.7 Å². The maximum atomic E-state index is 12.9. The van der Waals surface area contributed by atoms with Gasteiger partial charge in [-0.3, -0.25) is 9.59 Å². The fraction of sp³-hybridized carbons (Fsp3) is 0.278. The summed E-state index contributed by atoms with van der Waals surface area (Å²) >= 11 is 4.78. The molecule has 1 N–H and O–H groups in total. The van der Waals surface area contributed by atoms with Crippen LogP contribution >= 0.6 is 27.7 Å². The lowest BCUT2D eigenvalue weighted by Gasteiger charge is -2.16. The molecular weight excluding hydrogens is 460 g/mol. The molecule has 1 fully saturated rings. The summed E-state index contributed by atoms with van der Waals surface area (Å²) in [6.45, 7) is 0.724. The molecule has 3 heterocycles. The van der Waals surface area contributed by atoms with E-state index in [1.54, 1.807) is 29.0 Å². The average Bonchev–Trinajstić information content (AvgIpc) is 3.41. The van der Waals surface area contributed by atoms with Gasteiger partial charge in [-0.1, -0.05) is 15.9 Å². The van der Waals surface area contributed by atoms with Crippen LogP contribution in [0.3, 0.4) is 0 Å². The van der Waals surface area contributed by atoms with Crippen molar-refractivity contribution < 1.29 is 14.0 Å². The second-order valence-corrected chi connectivity index (χ2v) is 8.50. The standard InChI is InChI=1S/C18H17BrN6O3S/c1-24-18(21-22-23-24)29-15-5-4-12(19)8-14(15)20-17(27)11-7-16(26)25(9-11)10-13-3-2-6-28-13/h2-6,8,11H,7,9-10H2,1H3,(H,20,27). The van der Waals surface area contributed by atoms with Crippen molar-refractivity contribution in [2.75, 3.05) is 11.9 Å². The predicted octanol–water partition coefficient (Wildman–Crippen LogP) is 2.70. The Hall–Kier alpha value is -2.66. The lowest BCUT2D eigenvalue weighted by Crippen LogP contribution is -2.28. The maximum absolute atomic E-state index is 12.9. The van der Waals surface area contributed by atoms with Gasteiger partial charge in [0.25, 0.3) is 0 Å². The molecule has 1 unspecified atom stereocenters. The first-order valence-corrected chi connectivity index (χ1v) is 10.4. The molecule has 2 aromatic heterocycles. The van der Waals surface area contributed by atoms with Crippen molar-refractivity contribution in [2.45, 2.75) is 23.0 Å². The van der Waals surface area contributed by atoms with E-state index in [0.717, 1.165) is 9.37 Å². The van der Waals surface area contributed by atoms with Gasteiger partial charge in [0.15, 0.2) is 0 Å². The Labute approximate surface area is 178 Å². The third kappa shape index (κ3) is 4.51. The number of benzene rings is 1. The number of rotatable bonds is 6. The molecule has 1 saturated heterocycles. The summed E-state index contributed by atoms with van der Waals surface area (Å²) in [6.07, 6.45) is 1.75. The van der Waals surface area contributed by atoms with Crippen LogP contribution in [0.15, 0.2) is 55.5 Å². The molecule has 1 aliphatic heterocycles. The van der Waals surface area contributed by atoms with E-state index in [1.165, 1.54) is 11.8 Å². The molecule has 3 aromatic rings. The summed E-state index contributed by atoms with van der Waals surface area (Å²) in [6, 6.07) is 9.17. The predicted molar refractivity (Wildman–Crippen MR) is 108 cm³/mol. The number of likely N-dealkylation sites (tertiary alicyclic amines) is 1. The summed E-state index contributed by atoms with van der Waals surface area (Å²) < 4.78 is 7.69. The van der Waals surface area contributed by atoms with Crippen molar-refractivity contribution in [1.29, 1.82) is 0 Å². The van der Waals surface area contributed by atoms with Crippen LogP contribution in [0.1, 0.15) is 12.2 Å². The Morgan fingerprint density at radius 1 is 1.41 bits per heavy atom. The highest BCUT2D eigenvalue weighted by Crippen LogP contribution is 2.34. The second-order valence-electron chi connectivity index (χ2n) is 6.57. The minimum absolute atomic E-state index is 0.0597. The molecule has 0 bridgehead atoms. The van der Waals surface area contributed by atoms with Crippen LogP contribution in [0.2, 0.25) is 0 Å². The Bertz CT molecular complexity index is 1040. The molecule has 1 atom stereocenters. The average molecular weight is 477 g/mol. The summed E-state index contributed by atoms with van der Waals surface area (Å²) in [5.74, 6) is 0.0139. The van der Waals surface area contributed by atoms with Gasteiger partial charge in [-0.05, 0) is 52.5 Å². The Morgan fingerprint density at radius 2 is 2.28 bits per heavy atom. The van der Waals surface area contributed by atoms with Crippen LogP contribution in [-0.2, 0) is 23.2 Å². The van der Waals surface area contributed by atoms with Crippen LogP contribution in [0.5, 0.6) is 0 Å². The number of tetrazole rings is 1. The van der Waals surface area contributed by atoms with Crippen molar-refractivity contribution in [3.05, 3.63) is 46.8 Å². The van der Waals surface area contributed by atoms with Gasteiger partial charge < -0.3 is 14.6 Å². The van der Waals surface area contributed by atoms with Crippen molar-refractivity contribution >= 4 is 45.2 Å². The fourth-order valence-corrected chi connectivity index (χ4v) is 4.18. The van der Waals surface area contributed by atoms with Gasteiger partial charge >= 0.3 is 0 Å². The van der Waals surface area contributed by atoms with Crippen LogP contribution in [0.4, 0.5) is 5.69 Å². The second kappa shape index (κ2) is 8.37. The molecule has 9 nitrogen and oxygen atoms in total. The normalized spacial score (nSPS) is 16.4. The molecule has 2 amide bonds. The summed E-state index contributed by atoms with van der Waals surface area (Å²) in [5.41, 5.74) is 0.634. The van der Waals surface area contributed by atoms with Gasteiger partial charge in [-0.15, -0.1) is 5.10 Å². The van der Waals surface area contributed by atoms with E-state index >= 15 is 0 Å². The van der Waals surface area contributed by atoms with Gasteiger partial charge in [-0.2, -0.15) is 0 Å². The van der Waals surface area contributed by atoms with Crippen LogP contribution in [0, 0.1) is 5.92 Å². The number of hydrogen-bond acceptors (Lipinski definition) is 7. The van der Waals surface area contributed by atoms with Gasteiger partial charge in [0, 0.05) is 29.4 Å². The number of amides is 2. The van der Waals surface area contributed by atoms with E-state index in [4.69, 9.17) is 4.42 Å². The topological polar surface area (TPSA) is 106 Å². The molecule has 150 valence electrons. The third-order valence-electron chi connectivity index (χ3n) is 4.49. The molecule has 29 heavy (non-hydrogen) atoms. The molecule has 1 aromatic carbocycles. The summed E-state index contributed by atoms with van der Waals surface area (Å²) in [4.78, 5) is 27.6. The first-order valence-electron chi connectivity index (χ1n) is 8.80. The summed E-state index contributed by atoms with van der Waals surface area (Å²) in [5, 5.41) is 15.0. The zero-order valence-electron chi connectivity index (χ0n) is 15.4. The number of carbonyl (C=O) groups is 2. The van der Waals surface area contributed by atoms with Gasteiger partial charge in [-0.25, -0.2) is 4.68 Å². The van der Waals surface area contributed by atoms with E-state index in [9.17, 15) is 9.59 Å². The van der Waals surface area contributed by atoms with Crippen LogP contribution in [0.25, 0.3) is 0 Å². The van der Waals surface area contributed by atoms with E-state index in [1.807, 2.05) is 24.3 Å². The number of halogens is 1. The monoisotopic (exact) mass is 476 g/mol. The van der Waals surface area contributed by atoms with E-state index in [-0.39, 0.29) is 18.2 Å². The smallest absolute Gasteiger partial charge is 0.229 e. The third-order valence-corrected chi connectivity index (χ3v) is 6.09. The van der Waals surface area contributed by atoms with Gasteiger partial charge in [0.1, 0.15) is 5.76 Å². The molecule has 4 rings (SSSR count). The lowest BCUT2D eigenvalue weighted by molar-refractivity contribution is -0.128. The number of carbonyl (C=O) groups excluding carboxylic acids is 2. The summed E-state index contributed by atoms with van der Waals surface area (Å²) in [7, 11) is 1.75. The SMILES string of the molecule is Cn1nnnc1Sc1ccc(Br)cc1NC(=O)C1CC(=O)N(Cc2ccco2)C1. The molecular formula is C18H17BrN6O3S. The fourth-order valence-electron chi connectivity index (χ4n) is 3.02. The highest BCUT2D eigenvalue weighted by atomic mass is 79.9. The van der Waals surface area contributed by atoms with Crippen molar-refractivity contribution in [2.24, 2.45) is 13.0 Å².